The number of rotatable bonds is 10. The van der Waals surface area contributed by atoms with Gasteiger partial charge in [0.05, 0.1) is 37.6 Å². The summed E-state index contributed by atoms with van der Waals surface area (Å²) >= 11 is 0. The molecule has 3 saturated heterocycles. The Morgan fingerprint density at radius 3 is 2.34 bits per heavy atom. The molecule has 3 rings (SSSR count). The maximum Gasteiger partial charge on any atom is 0.413 e. The molecule has 3 aliphatic rings. The van der Waals surface area contributed by atoms with E-state index in [-0.39, 0.29) is 43.9 Å². The summed E-state index contributed by atoms with van der Waals surface area (Å²) < 4.78 is 21.5. The average molecular weight is 582 g/mol. The minimum absolute atomic E-state index is 0.0203. The molecule has 0 spiro atoms. The second-order valence-electron chi connectivity index (χ2n) is 12.0. The highest BCUT2D eigenvalue weighted by molar-refractivity contribution is 5.98. The smallest absolute Gasteiger partial charge is 0.413 e. The van der Waals surface area contributed by atoms with Crippen LogP contribution in [-0.2, 0) is 28.5 Å². The van der Waals surface area contributed by atoms with E-state index in [2.05, 4.69) is 15.5 Å². The van der Waals surface area contributed by atoms with Crippen molar-refractivity contribution in [3.63, 3.8) is 0 Å². The van der Waals surface area contributed by atoms with E-state index in [1.165, 1.54) is 0 Å². The SMILES string of the molecule is CCOC(=O)CC1(C(=O)OCC)CCN(CC2CN(C(C(=N)NC(=O)OC(C)(C)C)C3CCNCC3)C(=O)O2)CC1. The van der Waals surface area contributed by atoms with E-state index in [0.29, 0.717) is 32.5 Å². The summed E-state index contributed by atoms with van der Waals surface area (Å²) in [6.07, 6.45) is 0.640. The predicted molar refractivity (Wildman–Crippen MR) is 149 cm³/mol. The van der Waals surface area contributed by atoms with Crippen molar-refractivity contribution in [2.75, 3.05) is 52.5 Å². The first-order valence-corrected chi connectivity index (χ1v) is 14.7. The number of hydrogen-bond acceptors (Lipinski definition) is 11. The van der Waals surface area contributed by atoms with E-state index < -0.39 is 41.3 Å². The second-order valence-corrected chi connectivity index (χ2v) is 12.0. The second kappa shape index (κ2) is 14.3. The number of nitrogens with one attached hydrogen (secondary N) is 3. The molecule has 232 valence electrons. The van der Waals surface area contributed by atoms with Gasteiger partial charge in [-0.1, -0.05) is 0 Å². The lowest BCUT2D eigenvalue weighted by molar-refractivity contribution is -0.165. The zero-order valence-electron chi connectivity index (χ0n) is 25.1. The number of amidine groups is 1. The summed E-state index contributed by atoms with van der Waals surface area (Å²) in [6.45, 7) is 12.5. The van der Waals surface area contributed by atoms with Crippen LogP contribution in [0.1, 0.15) is 66.7 Å². The molecule has 2 atom stereocenters. The minimum Gasteiger partial charge on any atom is -0.466 e. The Kier molecular flexibility index (Phi) is 11.4. The number of piperidine rings is 2. The summed E-state index contributed by atoms with van der Waals surface area (Å²) in [6, 6.07) is -0.649. The average Bonchev–Trinajstić information content (AvgIpc) is 3.24. The molecule has 0 aromatic carbocycles. The molecular weight excluding hydrogens is 534 g/mol. The minimum atomic E-state index is -0.931. The molecule has 0 aromatic rings. The molecule has 0 radical (unpaired) electrons. The van der Waals surface area contributed by atoms with E-state index in [0.717, 1.165) is 25.9 Å². The van der Waals surface area contributed by atoms with Crippen LogP contribution in [0.5, 0.6) is 0 Å². The van der Waals surface area contributed by atoms with Gasteiger partial charge in [0.2, 0.25) is 0 Å². The van der Waals surface area contributed by atoms with Crippen molar-refractivity contribution in [2.45, 2.75) is 84.5 Å². The zero-order chi connectivity index (χ0) is 30.2. The zero-order valence-corrected chi connectivity index (χ0v) is 25.1. The molecule has 0 aliphatic carbocycles. The third kappa shape index (κ3) is 9.03. The molecule has 3 N–H and O–H groups in total. The fourth-order valence-electron chi connectivity index (χ4n) is 5.83. The van der Waals surface area contributed by atoms with Crippen molar-refractivity contribution in [3.05, 3.63) is 0 Å². The molecule has 13 nitrogen and oxygen atoms in total. The van der Waals surface area contributed by atoms with Crippen LogP contribution in [0.4, 0.5) is 9.59 Å². The van der Waals surface area contributed by atoms with Gasteiger partial charge >= 0.3 is 24.1 Å². The van der Waals surface area contributed by atoms with Gasteiger partial charge in [0.15, 0.2) is 0 Å². The highest BCUT2D eigenvalue weighted by atomic mass is 16.6. The lowest BCUT2D eigenvalue weighted by atomic mass is 9.75. The Labute approximate surface area is 242 Å². The Balaban J connectivity index is 1.64. The van der Waals surface area contributed by atoms with Crippen LogP contribution in [0.15, 0.2) is 0 Å². The molecule has 13 heteroatoms. The molecule has 41 heavy (non-hydrogen) atoms. The van der Waals surface area contributed by atoms with Crippen LogP contribution in [0.3, 0.4) is 0 Å². The lowest BCUT2D eigenvalue weighted by Gasteiger charge is -2.39. The largest absolute Gasteiger partial charge is 0.466 e. The van der Waals surface area contributed by atoms with Crippen LogP contribution >= 0.6 is 0 Å². The van der Waals surface area contributed by atoms with Crippen molar-refractivity contribution in [3.8, 4) is 0 Å². The Bertz CT molecular complexity index is 954. The first-order chi connectivity index (χ1) is 19.4. The molecule has 0 bridgehead atoms. The summed E-state index contributed by atoms with van der Waals surface area (Å²) in [5.41, 5.74) is -1.65. The molecular formula is C28H47N5O8. The molecule has 0 aromatic heterocycles. The number of nitrogens with zero attached hydrogens (tertiary/aromatic N) is 2. The number of amides is 2. The van der Waals surface area contributed by atoms with Gasteiger partial charge in [0.25, 0.3) is 0 Å². The summed E-state index contributed by atoms with van der Waals surface area (Å²) in [4.78, 5) is 54.3. The molecule has 3 fully saturated rings. The summed E-state index contributed by atoms with van der Waals surface area (Å²) in [5.74, 6) is -0.902. The van der Waals surface area contributed by atoms with Gasteiger partial charge in [-0.05, 0) is 92.4 Å². The normalized spacial score (nSPS) is 22.4. The Hall–Kier alpha value is -2.93. The maximum absolute atomic E-state index is 13.1. The lowest BCUT2D eigenvalue weighted by Crippen LogP contribution is -2.55. The van der Waals surface area contributed by atoms with E-state index in [9.17, 15) is 19.2 Å². The van der Waals surface area contributed by atoms with Crippen LogP contribution < -0.4 is 10.6 Å². The van der Waals surface area contributed by atoms with E-state index >= 15 is 0 Å². The number of hydrogen-bond donors (Lipinski definition) is 3. The third-order valence-corrected chi connectivity index (χ3v) is 7.77. The van der Waals surface area contributed by atoms with E-state index in [4.69, 9.17) is 24.4 Å². The summed E-state index contributed by atoms with van der Waals surface area (Å²) in [7, 11) is 0. The molecule has 3 aliphatic heterocycles. The number of cyclic esters (lactones) is 1. The van der Waals surface area contributed by atoms with Crippen molar-refractivity contribution < 1.29 is 38.1 Å². The van der Waals surface area contributed by atoms with Crippen molar-refractivity contribution >= 4 is 30.0 Å². The van der Waals surface area contributed by atoms with Crippen LogP contribution in [0.25, 0.3) is 0 Å². The summed E-state index contributed by atoms with van der Waals surface area (Å²) in [5, 5.41) is 14.6. The maximum atomic E-state index is 13.1. The standard InChI is InChI=1S/C28H47N5O8/c1-6-38-21(34)16-28(24(35)39-7-2)10-14-32(15-11-28)17-20-18-33(26(37)40-20)22(19-8-12-30-13-9-19)23(29)31-25(36)41-27(3,4)5/h19-20,22,30H,6-18H2,1-5H3,(H2,29,31,36). The third-order valence-electron chi connectivity index (χ3n) is 7.77. The number of esters is 2. The fraction of sp³-hybridized carbons (Fsp3) is 0.821. The van der Waals surface area contributed by atoms with E-state index in [1.807, 2.05) is 0 Å². The number of ether oxygens (including phenoxy) is 4. The van der Waals surface area contributed by atoms with Gasteiger partial charge in [-0.25, -0.2) is 9.59 Å². The quantitative estimate of drug-likeness (QED) is 0.151. The fourth-order valence-corrected chi connectivity index (χ4v) is 5.83. The molecule has 2 amide bonds. The van der Waals surface area contributed by atoms with Gasteiger partial charge in [-0.3, -0.25) is 30.1 Å². The number of likely N-dealkylation sites (tertiary alicyclic amines) is 1. The number of carbonyl (C=O) groups excluding carboxylic acids is 4. The first-order valence-electron chi connectivity index (χ1n) is 14.7. The topological polar surface area (TPSA) is 160 Å². The molecule has 2 unspecified atom stereocenters. The van der Waals surface area contributed by atoms with Gasteiger partial charge in [-0.2, -0.15) is 0 Å². The number of carbonyl (C=O) groups is 4. The van der Waals surface area contributed by atoms with Gasteiger partial charge in [0, 0.05) is 6.54 Å². The van der Waals surface area contributed by atoms with Gasteiger partial charge in [-0.15, -0.1) is 0 Å². The predicted octanol–water partition coefficient (Wildman–Crippen LogP) is 2.28. The Morgan fingerprint density at radius 2 is 1.76 bits per heavy atom. The van der Waals surface area contributed by atoms with Crippen LogP contribution in [0.2, 0.25) is 0 Å². The monoisotopic (exact) mass is 581 g/mol. The van der Waals surface area contributed by atoms with Crippen LogP contribution in [-0.4, -0.2) is 110 Å². The molecule has 0 saturated carbocycles. The van der Waals surface area contributed by atoms with Crippen LogP contribution in [0, 0.1) is 16.7 Å². The van der Waals surface area contributed by atoms with Crippen molar-refractivity contribution in [2.24, 2.45) is 11.3 Å². The van der Waals surface area contributed by atoms with E-state index in [1.54, 1.807) is 39.5 Å². The first kappa shape index (κ1) is 32.6. The highest BCUT2D eigenvalue weighted by Gasteiger charge is 2.47. The van der Waals surface area contributed by atoms with Crippen molar-refractivity contribution in [1.82, 2.24) is 20.4 Å². The number of alkyl carbamates (subject to hydrolysis) is 1. The van der Waals surface area contributed by atoms with Crippen molar-refractivity contribution in [1.29, 1.82) is 5.41 Å². The Morgan fingerprint density at radius 1 is 1.12 bits per heavy atom. The van der Waals surface area contributed by atoms with Gasteiger partial charge < -0.3 is 24.3 Å². The van der Waals surface area contributed by atoms with Gasteiger partial charge in [0.1, 0.15) is 17.5 Å². The highest BCUT2D eigenvalue weighted by Crippen LogP contribution is 2.37. The molecule has 3 heterocycles.